The van der Waals surface area contributed by atoms with Crippen molar-refractivity contribution in [2.75, 3.05) is 19.0 Å². The molecule has 0 aliphatic carbocycles. The molecule has 2 aromatic rings. The van der Waals surface area contributed by atoms with Crippen LogP contribution in [0, 0.1) is 5.95 Å². The zero-order chi connectivity index (χ0) is 12.8. The molecule has 1 aromatic heterocycles. The van der Waals surface area contributed by atoms with E-state index in [2.05, 4.69) is 10.3 Å². The summed E-state index contributed by atoms with van der Waals surface area (Å²) in [5, 5.41) is 3.15. The van der Waals surface area contributed by atoms with Gasteiger partial charge in [-0.25, -0.2) is 4.98 Å². The number of aromatic nitrogens is 1. The molecule has 0 bridgehead atoms. The first-order valence-corrected chi connectivity index (χ1v) is 5.77. The lowest BCUT2D eigenvalue weighted by atomic mass is 10.1. The fraction of sp³-hybridized carbons (Fsp3) is 0.214. The second-order valence-electron chi connectivity index (χ2n) is 3.86. The summed E-state index contributed by atoms with van der Waals surface area (Å²) in [5.41, 5.74) is 1.86. The number of nitrogens with zero attached hydrogens (tertiary/aromatic N) is 1. The minimum atomic E-state index is -0.475. The number of benzene rings is 1. The van der Waals surface area contributed by atoms with Crippen LogP contribution in [0.25, 0.3) is 0 Å². The SMILES string of the molecule is COc1ccccc1CCNc1ccnc(F)c1. The normalized spacial score (nSPS) is 10.1. The molecule has 4 heteroatoms. The Labute approximate surface area is 106 Å². The fourth-order valence-electron chi connectivity index (χ4n) is 1.76. The zero-order valence-electron chi connectivity index (χ0n) is 10.2. The van der Waals surface area contributed by atoms with Crippen molar-refractivity contribution in [3.63, 3.8) is 0 Å². The van der Waals surface area contributed by atoms with Gasteiger partial charge in [-0.1, -0.05) is 18.2 Å². The van der Waals surface area contributed by atoms with E-state index in [0.29, 0.717) is 6.54 Å². The minimum absolute atomic E-state index is 0.475. The van der Waals surface area contributed by atoms with Crippen molar-refractivity contribution in [3.8, 4) is 5.75 Å². The van der Waals surface area contributed by atoms with Crippen LogP contribution in [0.1, 0.15) is 5.56 Å². The molecule has 3 nitrogen and oxygen atoms in total. The summed E-state index contributed by atoms with van der Waals surface area (Å²) in [6, 6.07) is 11.0. The molecule has 1 aromatic carbocycles. The average molecular weight is 246 g/mol. The Morgan fingerprint density at radius 2 is 2.11 bits per heavy atom. The number of ether oxygens (including phenoxy) is 1. The second kappa shape index (κ2) is 6.00. The molecule has 0 aliphatic heterocycles. The summed E-state index contributed by atoms with van der Waals surface area (Å²) in [5.74, 6) is 0.400. The zero-order valence-corrected chi connectivity index (χ0v) is 10.2. The van der Waals surface area contributed by atoms with Gasteiger partial charge >= 0.3 is 0 Å². The lowest BCUT2D eigenvalue weighted by Gasteiger charge is -2.09. The first-order valence-electron chi connectivity index (χ1n) is 5.77. The number of rotatable bonds is 5. The summed E-state index contributed by atoms with van der Waals surface area (Å²) in [4.78, 5) is 3.51. The Morgan fingerprint density at radius 3 is 2.89 bits per heavy atom. The van der Waals surface area contributed by atoms with Crippen LogP contribution >= 0.6 is 0 Å². The Hall–Kier alpha value is -2.10. The maximum atomic E-state index is 12.9. The third-order valence-corrected chi connectivity index (χ3v) is 2.64. The summed E-state index contributed by atoms with van der Waals surface area (Å²) >= 11 is 0. The Morgan fingerprint density at radius 1 is 1.28 bits per heavy atom. The molecule has 0 atom stereocenters. The molecule has 94 valence electrons. The van der Waals surface area contributed by atoms with Gasteiger partial charge < -0.3 is 10.1 Å². The predicted octanol–water partition coefficient (Wildman–Crippen LogP) is 2.88. The van der Waals surface area contributed by atoms with Crippen molar-refractivity contribution in [2.45, 2.75) is 6.42 Å². The Bertz CT molecular complexity index is 517. The van der Waals surface area contributed by atoms with Gasteiger partial charge in [0.25, 0.3) is 0 Å². The van der Waals surface area contributed by atoms with Gasteiger partial charge in [0.1, 0.15) is 5.75 Å². The molecule has 0 fully saturated rings. The van der Waals surface area contributed by atoms with Crippen LogP contribution in [-0.2, 0) is 6.42 Å². The van der Waals surface area contributed by atoms with Gasteiger partial charge in [0.05, 0.1) is 7.11 Å². The van der Waals surface area contributed by atoms with E-state index in [-0.39, 0.29) is 0 Å². The van der Waals surface area contributed by atoms with E-state index < -0.39 is 5.95 Å². The fourth-order valence-corrected chi connectivity index (χ4v) is 1.76. The third kappa shape index (κ3) is 3.20. The lowest BCUT2D eigenvalue weighted by Crippen LogP contribution is -2.06. The van der Waals surface area contributed by atoms with Crippen LogP contribution in [0.3, 0.4) is 0 Å². The molecule has 0 saturated heterocycles. The Balaban J connectivity index is 1.92. The monoisotopic (exact) mass is 246 g/mol. The topological polar surface area (TPSA) is 34.1 Å². The van der Waals surface area contributed by atoms with Gasteiger partial charge in [-0.3, -0.25) is 0 Å². The van der Waals surface area contributed by atoms with Crippen LogP contribution in [-0.4, -0.2) is 18.6 Å². The molecule has 1 N–H and O–H groups in total. The van der Waals surface area contributed by atoms with Crippen molar-refractivity contribution in [1.82, 2.24) is 4.98 Å². The highest BCUT2D eigenvalue weighted by molar-refractivity contribution is 5.42. The molecule has 0 amide bonds. The van der Waals surface area contributed by atoms with Crippen molar-refractivity contribution in [1.29, 1.82) is 0 Å². The molecule has 0 saturated carbocycles. The van der Waals surface area contributed by atoms with E-state index in [0.717, 1.165) is 23.4 Å². The van der Waals surface area contributed by atoms with Gasteiger partial charge in [-0.15, -0.1) is 0 Å². The number of anilines is 1. The van der Waals surface area contributed by atoms with Gasteiger partial charge in [0.2, 0.25) is 5.95 Å². The van der Waals surface area contributed by atoms with Gasteiger partial charge in [0, 0.05) is 24.5 Å². The molecular weight excluding hydrogens is 231 g/mol. The van der Waals surface area contributed by atoms with E-state index in [4.69, 9.17) is 4.74 Å². The first kappa shape index (κ1) is 12.4. The number of hydrogen-bond acceptors (Lipinski definition) is 3. The van der Waals surface area contributed by atoms with Crippen molar-refractivity contribution in [2.24, 2.45) is 0 Å². The summed E-state index contributed by atoms with van der Waals surface area (Å²) in [6.45, 7) is 0.712. The lowest BCUT2D eigenvalue weighted by molar-refractivity contribution is 0.410. The van der Waals surface area contributed by atoms with Crippen LogP contribution in [0.15, 0.2) is 42.6 Å². The number of hydrogen-bond donors (Lipinski definition) is 1. The molecular formula is C14H15FN2O. The molecule has 0 spiro atoms. The van der Waals surface area contributed by atoms with Crippen LogP contribution < -0.4 is 10.1 Å². The highest BCUT2D eigenvalue weighted by Gasteiger charge is 2.01. The van der Waals surface area contributed by atoms with Gasteiger partial charge in [-0.05, 0) is 24.1 Å². The van der Waals surface area contributed by atoms with Crippen LogP contribution in [0.4, 0.5) is 10.1 Å². The maximum absolute atomic E-state index is 12.9. The number of methoxy groups -OCH3 is 1. The van der Waals surface area contributed by atoms with Crippen molar-refractivity contribution in [3.05, 3.63) is 54.1 Å². The Kier molecular flexibility index (Phi) is 4.12. The number of pyridine rings is 1. The molecule has 0 unspecified atom stereocenters. The van der Waals surface area contributed by atoms with E-state index in [1.54, 1.807) is 13.2 Å². The number of nitrogens with one attached hydrogen (secondary N) is 1. The second-order valence-corrected chi connectivity index (χ2v) is 3.86. The smallest absolute Gasteiger partial charge is 0.214 e. The standard InChI is InChI=1S/C14H15FN2O/c1-18-13-5-3-2-4-11(13)6-8-16-12-7-9-17-14(15)10-12/h2-5,7,9-10H,6,8H2,1H3,(H,16,17). The van der Waals surface area contributed by atoms with Crippen LogP contribution in [0.5, 0.6) is 5.75 Å². The molecule has 2 rings (SSSR count). The third-order valence-electron chi connectivity index (χ3n) is 2.64. The van der Waals surface area contributed by atoms with E-state index in [9.17, 15) is 4.39 Å². The first-order chi connectivity index (χ1) is 8.79. The van der Waals surface area contributed by atoms with E-state index >= 15 is 0 Å². The summed E-state index contributed by atoms with van der Waals surface area (Å²) in [7, 11) is 1.66. The maximum Gasteiger partial charge on any atom is 0.214 e. The van der Waals surface area contributed by atoms with Gasteiger partial charge in [0.15, 0.2) is 0 Å². The molecule has 0 aliphatic rings. The highest BCUT2D eigenvalue weighted by atomic mass is 19.1. The average Bonchev–Trinajstić information content (AvgIpc) is 2.39. The summed E-state index contributed by atoms with van der Waals surface area (Å²) in [6.07, 6.45) is 2.26. The quantitative estimate of drug-likeness (QED) is 0.824. The highest BCUT2D eigenvalue weighted by Crippen LogP contribution is 2.17. The molecule has 18 heavy (non-hydrogen) atoms. The molecule has 0 radical (unpaired) electrons. The van der Waals surface area contributed by atoms with E-state index in [1.165, 1.54) is 12.3 Å². The van der Waals surface area contributed by atoms with Crippen LogP contribution in [0.2, 0.25) is 0 Å². The number of halogens is 1. The van der Waals surface area contributed by atoms with Gasteiger partial charge in [-0.2, -0.15) is 4.39 Å². The number of para-hydroxylation sites is 1. The van der Waals surface area contributed by atoms with E-state index in [1.807, 2.05) is 24.3 Å². The predicted molar refractivity (Wildman–Crippen MR) is 69.4 cm³/mol. The largest absolute Gasteiger partial charge is 0.496 e. The van der Waals surface area contributed by atoms with Crippen molar-refractivity contribution < 1.29 is 9.13 Å². The molecule has 1 heterocycles. The minimum Gasteiger partial charge on any atom is -0.496 e. The van der Waals surface area contributed by atoms with Crippen molar-refractivity contribution >= 4 is 5.69 Å². The summed E-state index contributed by atoms with van der Waals surface area (Å²) < 4.78 is 18.1.